The number of nitrogens with one attached hydrogen (secondary N) is 5. The van der Waals surface area contributed by atoms with Crippen LogP contribution in [0.5, 0.6) is 0 Å². The highest BCUT2D eigenvalue weighted by Crippen LogP contribution is 2.11. The molecule has 31 heavy (non-hydrogen) atoms. The fraction of sp³-hybridized carbons (Fsp3) is 0.650. The van der Waals surface area contributed by atoms with Crippen molar-refractivity contribution in [3.63, 3.8) is 0 Å². The molecule has 0 spiro atoms. The Kier molecular flexibility index (Phi) is 8.98. The van der Waals surface area contributed by atoms with Crippen LogP contribution in [0.3, 0.4) is 0 Å². The van der Waals surface area contributed by atoms with Gasteiger partial charge in [0.15, 0.2) is 0 Å². The largest absolute Gasteiger partial charge is 0.480 e. The van der Waals surface area contributed by atoms with E-state index in [9.17, 15) is 24.3 Å². The van der Waals surface area contributed by atoms with Crippen LogP contribution < -0.4 is 21.3 Å². The van der Waals surface area contributed by atoms with Gasteiger partial charge in [-0.05, 0) is 32.2 Å². The van der Waals surface area contributed by atoms with Gasteiger partial charge in [0.25, 0.3) is 0 Å². The van der Waals surface area contributed by atoms with Crippen molar-refractivity contribution >= 4 is 23.7 Å². The van der Waals surface area contributed by atoms with Crippen molar-refractivity contribution in [1.29, 1.82) is 0 Å². The molecule has 1 aliphatic heterocycles. The quantitative estimate of drug-likeness (QED) is 0.267. The van der Waals surface area contributed by atoms with Crippen LogP contribution in [0, 0.1) is 5.92 Å². The van der Waals surface area contributed by atoms with Gasteiger partial charge in [-0.15, -0.1) is 0 Å². The third kappa shape index (κ3) is 7.06. The molecule has 1 aliphatic rings. The van der Waals surface area contributed by atoms with Crippen molar-refractivity contribution in [3.8, 4) is 0 Å². The number of carbonyl (C=O) groups is 4. The molecule has 1 aromatic rings. The highest BCUT2D eigenvalue weighted by Gasteiger charge is 2.32. The van der Waals surface area contributed by atoms with Crippen LogP contribution in [0.4, 0.5) is 0 Å². The lowest BCUT2D eigenvalue weighted by molar-refractivity contribution is -0.142. The number of carboxylic acid groups (broad SMARTS) is 1. The number of hydrogen-bond acceptors (Lipinski definition) is 6. The van der Waals surface area contributed by atoms with Crippen LogP contribution in [0.1, 0.15) is 45.7 Å². The zero-order valence-corrected chi connectivity index (χ0v) is 18.1. The Morgan fingerprint density at radius 2 is 1.94 bits per heavy atom. The van der Waals surface area contributed by atoms with Gasteiger partial charge in [0.2, 0.25) is 17.7 Å². The van der Waals surface area contributed by atoms with Crippen LogP contribution in [-0.4, -0.2) is 69.5 Å². The number of aliphatic carboxylic acids is 1. The maximum atomic E-state index is 12.8. The summed E-state index contributed by atoms with van der Waals surface area (Å²) in [6, 6.07) is -3.27. The average Bonchev–Trinajstić information content (AvgIpc) is 3.44. The fourth-order valence-electron chi connectivity index (χ4n) is 3.35. The molecule has 11 nitrogen and oxygen atoms in total. The molecule has 1 saturated heterocycles. The van der Waals surface area contributed by atoms with Crippen molar-refractivity contribution in [2.24, 2.45) is 5.92 Å². The number of rotatable bonds is 11. The maximum absolute atomic E-state index is 12.8. The highest BCUT2D eigenvalue weighted by atomic mass is 16.4. The summed E-state index contributed by atoms with van der Waals surface area (Å²) in [4.78, 5) is 55.9. The highest BCUT2D eigenvalue weighted by molar-refractivity contribution is 5.94. The third-order valence-corrected chi connectivity index (χ3v) is 5.52. The van der Waals surface area contributed by atoms with Crippen LogP contribution in [0.15, 0.2) is 12.5 Å². The summed E-state index contributed by atoms with van der Waals surface area (Å²) in [5.41, 5.74) is 0.560. The van der Waals surface area contributed by atoms with Gasteiger partial charge in [-0.2, -0.15) is 0 Å². The van der Waals surface area contributed by atoms with E-state index >= 15 is 0 Å². The summed E-state index contributed by atoms with van der Waals surface area (Å²) in [7, 11) is 0. The number of carbonyl (C=O) groups excluding carboxylic acids is 3. The number of imidazole rings is 1. The van der Waals surface area contributed by atoms with Gasteiger partial charge >= 0.3 is 5.97 Å². The van der Waals surface area contributed by atoms with Crippen LogP contribution in [0.25, 0.3) is 0 Å². The molecule has 0 bridgehead atoms. The van der Waals surface area contributed by atoms with E-state index in [0.29, 0.717) is 18.5 Å². The fourth-order valence-corrected chi connectivity index (χ4v) is 3.35. The predicted octanol–water partition coefficient (Wildman–Crippen LogP) is -0.691. The molecule has 3 amide bonds. The predicted molar refractivity (Wildman–Crippen MR) is 112 cm³/mol. The molecule has 0 aliphatic carbocycles. The Balaban J connectivity index is 1.96. The molecule has 0 aromatic carbocycles. The Labute approximate surface area is 181 Å². The Morgan fingerprint density at radius 1 is 1.19 bits per heavy atom. The molecule has 2 heterocycles. The minimum absolute atomic E-state index is 0.0294. The molecule has 5 atom stereocenters. The molecule has 172 valence electrons. The first-order valence-electron chi connectivity index (χ1n) is 10.6. The van der Waals surface area contributed by atoms with Gasteiger partial charge in [-0.3, -0.25) is 14.4 Å². The first kappa shape index (κ1) is 24.3. The number of aromatic amines is 1. The van der Waals surface area contributed by atoms with Gasteiger partial charge in [-0.1, -0.05) is 20.3 Å². The Hall–Kier alpha value is -2.95. The van der Waals surface area contributed by atoms with Crippen molar-refractivity contribution < 1.29 is 24.3 Å². The summed E-state index contributed by atoms with van der Waals surface area (Å²) >= 11 is 0. The topological polar surface area (TPSA) is 165 Å². The maximum Gasteiger partial charge on any atom is 0.326 e. The zero-order valence-electron chi connectivity index (χ0n) is 18.1. The monoisotopic (exact) mass is 436 g/mol. The van der Waals surface area contributed by atoms with Crippen molar-refractivity contribution in [1.82, 2.24) is 31.2 Å². The summed E-state index contributed by atoms with van der Waals surface area (Å²) in [6.07, 6.45) is 5.20. The van der Waals surface area contributed by atoms with E-state index in [4.69, 9.17) is 0 Å². The number of amides is 3. The Bertz CT molecular complexity index is 762. The molecule has 5 unspecified atom stereocenters. The van der Waals surface area contributed by atoms with Gasteiger partial charge in [0.05, 0.1) is 12.4 Å². The molecule has 0 saturated carbocycles. The van der Waals surface area contributed by atoms with Crippen molar-refractivity contribution in [2.45, 2.75) is 70.6 Å². The van der Waals surface area contributed by atoms with E-state index < -0.39 is 35.9 Å². The van der Waals surface area contributed by atoms with Crippen molar-refractivity contribution in [2.75, 3.05) is 6.54 Å². The van der Waals surface area contributed by atoms with E-state index in [2.05, 4.69) is 31.2 Å². The lowest BCUT2D eigenvalue weighted by Crippen LogP contribution is -2.58. The first-order valence-corrected chi connectivity index (χ1v) is 10.6. The van der Waals surface area contributed by atoms with E-state index in [1.54, 1.807) is 0 Å². The minimum Gasteiger partial charge on any atom is -0.480 e. The number of hydrogen-bond donors (Lipinski definition) is 6. The number of nitrogens with zero attached hydrogens (tertiary/aromatic N) is 1. The van der Waals surface area contributed by atoms with Crippen LogP contribution in [-0.2, 0) is 25.6 Å². The van der Waals surface area contributed by atoms with Gasteiger partial charge in [-0.25, -0.2) is 9.78 Å². The van der Waals surface area contributed by atoms with Gasteiger partial charge < -0.3 is 31.4 Å². The second-order valence-electron chi connectivity index (χ2n) is 7.93. The SMILES string of the molecule is CCC(C)C(NC(=O)C1CCCN1)C(=O)NC(C)C(=O)NC(Cc1cnc[nH]1)C(=O)O. The minimum atomic E-state index is -1.20. The molecule has 2 rings (SSSR count). The van der Waals surface area contributed by atoms with Gasteiger partial charge in [0, 0.05) is 18.3 Å². The molecule has 11 heteroatoms. The normalized spacial score (nSPS) is 19.6. The van der Waals surface area contributed by atoms with E-state index in [0.717, 1.165) is 13.0 Å². The standard InChI is InChI=1S/C20H32N6O5/c1-4-11(2)16(26-18(28)14-6-5-7-22-14)19(29)24-12(3)17(27)25-15(20(30)31)8-13-9-21-10-23-13/h9-12,14-16,22H,4-8H2,1-3H3,(H,21,23)(H,24,29)(H,25,27)(H,26,28)(H,30,31). The molecular weight excluding hydrogens is 404 g/mol. The van der Waals surface area contributed by atoms with E-state index in [-0.39, 0.29) is 24.3 Å². The zero-order chi connectivity index (χ0) is 23.0. The summed E-state index contributed by atoms with van der Waals surface area (Å²) in [6.45, 7) is 5.99. The number of carboxylic acids is 1. The van der Waals surface area contributed by atoms with E-state index in [1.165, 1.54) is 19.4 Å². The molecule has 1 aromatic heterocycles. The van der Waals surface area contributed by atoms with E-state index in [1.807, 2.05) is 13.8 Å². The lowest BCUT2D eigenvalue weighted by Gasteiger charge is -2.26. The van der Waals surface area contributed by atoms with Crippen LogP contribution in [0.2, 0.25) is 0 Å². The third-order valence-electron chi connectivity index (χ3n) is 5.52. The summed E-state index contributed by atoms with van der Waals surface area (Å²) < 4.78 is 0. The smallest absolute Gasteiger partial charge is 0.326 e. The average molecular weight is 437 g/mol. The molecule has 0 radical (unpaired) electrons. The summed E-state index contributed by atoms with van der Waals surface area (Å²) in [5, 5.41) is 20.3. The van der Waals surface area contributed by atoms with Crippen molar-refractivity contribution in [3.05, 3.63) is 18.2 Å². The molecular formula is C20H32N6O5. The van der Waals surface area contributed by atoms with Crippen LogP contribution >= 0.6 is 0 Å². The Morgan fingerprint density at radius 3 is 2.48 bits per heavy atom. The molecule has 6 N–H and O–H groups in total. The second kappa shape index (κ2) is 11.4. The lowest BCUT2D eigenvalue weighted by atomic mass is 9.97. The number of H-pyrrole nitrogens is 1. The number of aromatic nitrogens is 2. The second-order valence-corrected chi connectivity index (χ2v) is 7.93. The first-order chi connectivity index (χ1) is 14.7. The van der Waals surface area contributed by atoms with Gasteiger partial charge in [0.1, 0.15) is 18.1 Å². The molecule has 1 fully saturated rings. The summed E-state index contributed by atoms with van der Waals surface area (Å²) in [5.74, 6) is -2.70.